The number of halogens is 1. The number of hydrogen-bond donors (Lipinski definition) is 2. The summed E-state index contributed by atoms with van der Waals surface area (Å²) >= 11 is 0. The van der Waals surface area contributed by atoms with Crippen molar-refractivity contribution in [1.29, 1.82) is 0 Å². The van der Waals surface area contributed by atoms with E-state index in [1.807, 2.05) is 25.3 Å². The van der Waals surface area contributed by atoms with Gasteiger partial charge in [0, 0.05) is 24.2 Å². The van der Waals surface area contributed by atoms with E-state index in [0.717, 1.165) is 29.1 Å². The van der Waals surface area contributed by atoms with Crippen LogP contribution in [0.1, 0.15) is 29.9 Å². The van der Waals surface area contributed by atoms with Crippen molar-refractivity contribution in [3.63, 3.8) is 0 Å². The number of hydrogen-bond acceptors (Lipinski definition) is 5. The highest BCUT2D eigenvalue weighted by molar-refractivity contribution is 5.62. The number of nitrogens with zero attached hydrogens (tertiary/aromatic N) is 4. The van der Waals surface area contributed by atoms with Crippen molar-refractivity contribution >= 4 is 5.65 Å². The van der Waals surface area contributed by atoms with E-state index in [0.29, 0.717) is 17.3 Å². The van der Waals surface area contributed by atoms with Gasteiger partial charge in [-0.05, 0) is 43.4 Å². The maximum atomic E-state index is 13.8. The lowest BCUT2D eigenvalue weighted by Gasteiger charge is -2.06. The van der Waals surface area contributed by atoms with Gasteiger partial charge in [0.05, 0.1) is 17.5 Å². The van der Waals surface area contributed by atoms with Crippen molar-refractivity contribution in [2.45, 2.75) is 25.7 Å². The zero-order valence-electron chi connectivity index (χ0n) is 15.0. The van der Waals surface area contributed by atoms with Gasteiger partial charge < -0.3 is 4.98 Å². The first kappa shape index (κ1) is 17.8. The molecule has 1 saturated carbocycles. The Kier molecular flexibility index (Phi) is 4.56. The first-order valence-corrected chi connectivity index (χ1v) is 8.76. The number of rotatable bonds is 2. The zero-order valence-corrected chi connectivity index (χ0v) is 15.0. The molecule has 2 N–H and O–H groups in total. The van der Waals surface area contributed by atoms with Crippen molar-refractivity contribution < 1.29 is 4.39 Å². The largest absolute Gasteiger partial charge is 0.325 e. The molecule has 5 rings (SSSR count). The van der Waals surface area contributed by atoms with Crippen LogP contribution in [-0.2, 0) is 0 Å². The topological polar surface area (TPSA) is 109 Å². The second kappa shape index (κ2) is 7.18. The van der Waals surface area contributed by atoms with Crippen LogP contribution in [0, 0.1) is 12.9 Å². The molecule has 0 aromatic carbocycles. The van der Waals surface area contributed by atoms with Crippen molar-refractivity contribution in [1.82, 2.24) is 29.5 Å². The summed E-state index contributed by atoms with van der Waals surface area (Å²) in [6, 6.07) is 5.69. The van der Waals surface area contributed by atoms with Gasteiger partial charge in [0.25, 0.3) is 5.56 Å². The molecular weight excluding hydrogens is 363 g/mol. The molecule has 0 bridgehead atoms. The smallest absolute Gasteiger partial charge is 0.313 e. The van der Waals surface area contributed by atoms with Crippen LogP contribution in [0.15, 0.2) is 52.6 Å². The number of aromatic nitrogens is 6. The van der Waals surface area contributed by atoms with Gasteiger partial charge in [-0.15, -0.1) is 0 Å². The lowest BCUT2D eigenvalue weighted by atomic mass is 10.1. The molecule has 4 heterocycles. The van der Waals surface area contributed by atoms with Gasteiger partial charge in [0.1, 0.15) is 0 Å². The first-order valence-electron chi connectivity index (χ1n) is 8.76. The summed E-state index contributed by atoms with van der Waals surface area (Å²) in [6.07, 6.45) is 8.01. The Balaban J connectivity index is 0.000000233. The fourth-order valence-corrected chi connectivity index (χ4v) is 2.84. The van der Waals surface area contributed by atoms with Crippen molar-refractivity contribution in [3.05, 3.63) is 80.9 Å². The van der Waals surface area contributed by atoms with E-state index in [1.54, 1.807) is 12.3 Å². The molecule has 4 aromatic rings. The second-order valence-electron chi connectivity index (χ2n) is 6.59. The molecule has 28 heavy (non-hydrogen) atoms. The summed E-state index contributed by atoms with van der Waals surface area (Å²) in [6.45, 7) is 2.02. The van der Waals surface area contributed by atoms with Crippen molar-refractivity contribution in [3.8, 4) is 11.3 Å². The van der Waals surface area contributed by atoms with E-state index in [1.165, 1.54) is 11.8 Å². The quantitative estimate of drug-likeness (QED) is 0.554. The van der Waals surface area contributed by atoms with Crippen LogP contribution in [0.25, 0.3) is 16.9 Å². The molecule has 0 amide bonds. The number of fused-ring (bicyclic) bond motifs is 1. The van der Waals surface area contributed by atoms with Gasteiger partial charge in [-0.1, -0.05) is 6.07 Å². The van der Waals surface area contributed by atoms with E-state index >= 15 is 0 Å². The SMILES string of the molecule is Cc1cccnc1.O=c1[nH]cc(-c2cc(C3CC3)c3ncc(F)n3n2)c(=O)[nH]1. The number of aryl methyl sites for hydroxylation is 1. The molecule has 4 aromatic heterocycles. The van der Waals surface area contributed by atoms with Crippen molar-refractivity contribution in [2.75, 3.05) is 0 Å². The predicted molar refractivity (Wildman–Crippen MR) is 101 cm³/mol. The van der Waals surface area contributed by atoms with Gasteiger partial charge in [-0.3, -0.25) is 14.8 Å². The normalized spacial score (nSPS) is 13.2. The molecule has 9 heteroatoms. The first-order chi connectivity index (χ1) is 13.5. The Labute approximate surface area is 158 Å². The Hall–Kier alpha value is -3.62. The highest BCUT2D eigenvalue weighted by Gasteiger charge is 2.28. The fraction of sp³-hybridized carbons (Fsp3) is 0.211. The van der Waals surface area contributed by atoms with Crippen LogP contribution in [0.4, 0.5) is 4.39 Å². The van der Waals surface area contributed by atoms with Crippen LogP contribution >= 0.6 is 0 Å². The van der Waals surface area contributed by atoms with E-state index in [2.05, 4.69) is 25.0 Å². The molecule has 0 unspecified atom stereocenters. The average Bonchev–Trinajstić information content (AvgIpc) is 3.46. The number of pyridine rings is 1. The monoisotopic (exact) mass is 380 g/mol. The zero-order chi connectivity index (χ0) is 19.7. The molecular formula is C19H17FN6O2. The summed E-state index contributed by atoms with van der Waals surface area (Å²) < 4.78 is 14.9. The van der Waals surface area contributed by atoms with Crippen LogP contribution in [0.2, 0.25) is 0 Å². The summed E-state index contributed by atoms with van der Waals surface area (Å²) in [4.78, 5) is 35.4. The molecule has 0 saturated heterocycles. The lowest BCUT2D eigenvalue weighted by molar-refractivity contribution is 0.549. The van der Waals surface area contributed by atoms with Crippen molar-refractivity contribution in [2.24, 2.45) is 0 Å². The lowest BCUT2D eigenvalue weighted by Crippen LogP contribution is -2.23. The number of nitrogens with one attached hydrogen (secondary N) is 2. The minimum absolute atomic E-state index is 0.187. The maximum absolute atomic E-state index is 13.8. The van der Waals surface area contributed by atoms with Crippen LogP contribution in [-0.4, -0.2) is 29.5 Å². The minimum Gasteiger partial charge on any atom is -0.313 e. The van der Waals surface area contributed by atoms with Gasteiger partial charge in [0.2, 0.25) is 5.95 Å². The molecule has 0 atom stereocenters. The van der Waals surface area contributed by atoms with Crippen LogP contribution in [0.5, 0.6) is 0 Å². The standard InChI is InChI=1S/C13H10FN5O2.C6H7N/c14-10-5-15-11-7(6-1-2-6)3-9(18-19(10)11)8-4-16-13(21)17-12(8)20;1-6-3-2-4-7-5-6/h3-6H,1-2H2,(H2,16,17,20,21);2-5H,1H3. The Morgan fingerprint density at radius 2 is 2.07 bits per heavy atom. The number of aromatic amines is 2. The Morgan fingerprint density at radius 1 is 1.25 bits per heavy atom. The van der Waals surface area contributed by atoms with E-state index in [4.69, 9.17) is 0 Å². The molecule has 0 aliphatic heterocycles. The van der Waals surface area contributed by atoms with Gasteiger partial charge in [0.15, 0.2) is 5.65 Å². The van der Waals surface area contributed by atoms with E-state index in [-0.39, 0.29) is 5.56 Å². The molecule has 1 fully saturated rings. The van der Waals surface area contributed by atoms with E-state index < -0.39 is 17.2 Å². The van der Waals surface area contributed by atoms with Crippen LogP contribution in [0.3, 0.4) is 0 Å². The Morgan fingerprint density at radius 3 is 2.68 bits per heavy atom. The fourth-order valence-electron chi connectivity index (χ4n) is 2.84. The summed E-state index contributed by atoms with van der Waals surface area (Å²) in [5.74, 6) is -0.271. The van der Waals surface area contributed by atoms with Gasteiger partial charge in [-0.25, -0.2) is 9.78 Å². The average molecular weight is 380 g/mol. The summed E-state index contributed by atoms with van der Waals surface area (Å²) in [5, 5.41) is 4.10. The third kappa shape index (κ3) is 3.59. The molecule has 8 nitrogen and oxygen atoms in total. The maximum Gasteiger partial charge on any atom is 0.325 e. The highest BCUT2D eigenvalue weighted by Crippen LogP contribution is 2.42. The van der Waals surface area contributed by atoms with Crippen LogP contribution < -0.4 is 11.2 Å². The molecule has 0 radical (unpaired) electrons. The molecule has 1 aliphatic carbocycles. The predicted octanol–water partition coefficient (Wildman–Crippen LogP) is 2.18. The minimum atomic E-state index is -0.596. The Bertz CT molecular complexity index is 1240. The molecule has 0 spiro atoms. The van der Waals surface area contributed by atoms with Gasteiger partial charge >= 0.3 is 5.69 Å². The molecule has 142 valence electrons. The molecule has 1 aliphatic rings. The number of H-pyrrole nitrogens is 2. The number of imidazole rings is 1. The third-order valence-electron chi connectivity index (χ3n) is 4.38. The second-order valence-corrected chi connectivity index (χ2v) is 6.59. The van der Waals surface area contributed by atoms with E-state index in [9.17, 15) is 14.0 Å². The third-order valence-corrected chi connectivity index (χ3v) is 4.38. The summed E-state index contributed by atoms with van der Waals surface area (Å²) in [5.41, 5.74) is 1.89. The highest BCUT2D eigenvalue weighted by atomic mass is 19.1. The summed E-state index contributed by atoms with van der Waals surface area (Å²) in [7, 11) is 0. The van der Waals surface area contributed by atoms with Gasteiger partial charge in [-0.2, -0.15) is 14.0 Å².